The van der Waals surface area contributed by atoms with E-state index in [0.717, 1.165) is 0 Å². The Morgan fingerprint density at radius 3 is 2.67 bits per heavy atom. The van der Waals surface area contributed by atoms with Crippen LogP contribution in [0, 0.1) is 0 Å². The minimum atomic E-state index is -0.375. The van der Waals surface area contributed by atoms with Gasteiger partial charge in [-0.25, -0.2) is 5.84 Å². The van der Waals surface area contributed by atoms with Crippen LogP contribution in [0.2, 0.25) is 5.02 Å². The second-order valence-electron chi connectivity index (χ2n) is 3.53. The van der Waals surface area contributed by atoms with Crippen molar-refractivity contribution in [2.24, 2.45) is 5.84 Å². The van der Waals surface area contributed by atoms with Gasteiger partial charge >= 0.3 is 0 Å². The molecule has 4 nitrogen and oxygen atoms in total. The molecule has 0 saturated carbocycles. The van der Waals surface area contributed by atoms with Gasteiger partial charge < -0.3 is 4.74 Å². The van der Waals surface area contributed by atoms with E-state index in [1.807, 2.05) is 12.1 Å². The van der Waals surface area contributed by atoms with Crippen molar-refractivity contribution < 1.29 is 9.53 Å². The molecule has 0 saturated heterocycles. The van der Waals surface area contributed by atoms with Crippen LogP contribution in [0.4, 0.5) is 0 Å². The molecule has 2 rings (SSSR count). The molecule has 0 aliphatic carbocycles. The lowest BCUT2D eigenvalue weighted by Gasteiger charge is -2.08. The fourth-order valence-corrected chi connectivity index (χ4v) is 1.61. The first kappa shape index (κ1) is 12.4. The Bertz CT molecular complexity index is 572. The van der Waals surface area contributed by atoms with Gasteiger partial charge in [-0.15, -0.1) is 0 Å². The van der Waals surface area contributed by atoms with Crippen LogP contribution in [0.1, 0.15) is 10.4 Å². The summed E-state index contributed by atoms with van der Waals surface area (Å²) in [4.78, 5) is 11.4. The van der Waals surface area contributed by atoms with Crippen LogP contribution < -0.4 is 16.0 Å². The van der Waals surface area contributed by atoms with E-state index >= 15 is 0 Å². The van der Waals surface area contributed by atoms with Gasteiger partial charge in [0.15, 0.2) is 0 Å². The van der Waals surface area contributed by atoms with Gasteiger partial charge in [0, 0.05) is 5.56 Å². The van der Waals surface area contributed by atoms with Gasteiger partial charge in [0.05, 0.1) is 5.02 Å². The Kier molecular flexibility index (Phi) is 3.82. The van der Waals surface area contributed by atoms with Crippen LogP contribution in [0.5, 0.6) is 11.5 Å². The van der Waals surface area contributed by atoms with Crippen LogP contribution in [-0.4, -0.2) is 5.91 Å². The van der Waals surface area contributed by atoms with Crippen LogP contribution in [0.3, 0.4) is 0 Å². The summed E-state index contributed by atoms with van der Waals surface area (Å²) in [5, 5.41) is 0.506. The highest BCUT2D eigenvalue weighted by molar-refractivity contribution is 6.32. The van der Waals surface area contributed by atoms with Crippen molar-refractivity contribution in [3.8, 4) is 11.5 Å². The smallest absolute Gasteiger partial charge is 0.265 e. The Morgan fingerprint density at radius 2 is 1.94 bits per heavy atom. The van der Waals surface area contributed by atoms with Gasteiger partial charge in [0.25, 0.3) is 5.91 Å². The van der Waals surface area contributed by atoms with E-state index in [4.69, 9.17) is 22.2 Å². The topological polar surface area (TPSA) is 64.3 Å². The zero-order valence-electron chi connectivity index (χ0n) is 9.39. The third kappa shape index (κ3) is 2.80. The van der Waals surface area contributed by atoms with Crippen molar-refractivity contribution in [1.82, 2.24) is 5.43 Å². The largest absolute Gasteiger partial charge is 0.456 e. The average molecular weight is 263 g/mol. The van der Waals surface area contributed by atoms with Crippen molar-refractivity contribution in [2.45, 2.75) is 0 Å². The first-order chi connectivity index (χ1) is 8.70. The number of nitrogens with two attached hydrogens (primary N) is 1. The highest BCUT2D eigenvalue weighted by Crippen LogP contribution is 2.29. The van der Waals surface area contributed by atoms with Crippen molar-refractivity contribution in [3.63, 3.8) is 0 Å². The number of hydrazine groups is 1. The van der Waals surface area contributed by atoms with Gasteiger partial charge in [-0.05, 0) is 30.3 Å². The number of hydrogen-bond donors (Lipinski definition) is 2. The molecule has 0 bridgehead atoms. The number of amides is 1. The normalized spacial score (nSPS) is 9.89. The zero-order valence-corrected chi connectivity index (χ0v) is 10.1. The van der Waals surface area contributed by atoms with E-state index in [1.54, 1.807) is 36.4 Å². The van der Waals surface area contributed by atoms with E-state index < -0.39 is 0 Å². The summed E-state index contributed by atoms with van der Waals surface area (Å²) >= 11 is 5.98. The summed E-state index contributed by atoms with van der Waals surface area (Å²) in [6, 6.07) is 13.8. The minimum absolute atomic E-state index is 0.375. The minimum Gasteiger partial charge on any atom is -0.456 e. The maximum Gasteiger partial charge on any atom is 0.265 e. The predicted molar refractivity (Wildman–Crippen MR) is 69.6 cm³/mol. The van der Waals surface area contributed by atoms with Crippen LogP contribution in [-0.2, 0) is 0 Å². The molecule has 2 aromatic rings. The molecule has 18 heavy (non-hydrogen) atoms. The molecule has 5 heteroatoms. The number of benzene rings is 2. The van der Waals surface area contributed by atoms with Gasteiger partial charge in [-0.2, -0.15) is 0 Å². The molecule has 92 valence electrons. The summed E-state index contributed by atoms with van der Waals surface area (Å²) in [5.74, 6) is 5.74. The Labute approximate surface area is 109 Å². The molecular weight excluding hydrogens is 252 g/mol. The number of halogens is 1. The number of carbonyl (C=O) groups is 1. The lowest BCUT2D eigenvalue weighted by Crippen LogP contribution is -2.29. The lowest BCUT2D eigenvalue weighted by atomic mass is 10.2. The van der Waals surface area contributed by atoms with Crippen LogP contribution >= 0.6 is 11.6 Å². The molecule has 0 aromatic heterocycles. The van der Waals surface area contributed by atoms with Gasteiger partial charge in [0.1, 0.15) is 11.5 Å². The lowest BCUT2D eigenvalue weighted by molar-refractivity contribution is 0.0953. The first-order valence-electron chi connectivity index (χ1n) is 5.24. The molecule has 0 aliphatic rings. The summed E-state index contributed by atoms with van der Waals surface area (Å²) in [7, 11) is 0. The van der Waals surface area contributed by atoms with Crippen molar-refractivity contribution in [2.75, 3.05) is 0 Å². The van der Waals surface area contributed by atoms with E-state index in [9.17, 15) is 4.79 Å². The van der Waals surface area contributed by atoms with Crippen LogP contribution in [0.15, 0.2) is 48.5 Å². The highest BCUT2D eigenvalue weighted by Gasteiger charge is 2.06. The molecule has 0 fully saturated rings. The molecule has 0 unspecified atom stereocenters. The van der Waals surface area contributed by atoms with Crippen LogP contribution in [0.25, 0.3) is 0 Å². The first-order valence-corrected chi connectivity index (χ1v) is 5.62. The fourth-order valence-electron chi connectivity index (χ4n) is 1.44. The number of carbonyl (C=O) groups excluding carboxylic acids is 1. The highest BCUT2D eigenvalue weighted by atomic mass is 35.5. The number of nitrogens with one attached hydrogen (secondary N) is 1. The maximum absolute atomic E-state index is 11.4. The Morgan fingerprint density at radius 1 is 1.17 bits per heavy atom. The molecule has 1 amide bonds. The summed E-state index contributed by atoms with van der Waals surface area (Å²) in [6.07, 6.45) is 0. The van der Waals surface area contributed by atoms with E-state index in [-0.39, 0.29) is 5.91 Å². The van der Waals surface area contributed by atoms with E-state index in [2.05, 4.69) is 5.43 Å². The number of nitrogen functional groups attached to an aromatic ring is 1. The van der Waals surface area contributed by atoms with Crippen molar-refractivity contribution in [3.05, 3.63) is 59.1 Å². The molecule has 3 N–H and O–H groups in total. The van der Waals surface area contributed by atoms with Gasteiger partial charge in [-0.3, -0.25) is 10.2 Å². The number of ether oxygens (including phenoxy) is 1. The van der Waals surface area contributed by atoms with Crippen molar-refractivity contribution >= 4 is 17.5 Å². The molecule has 0 spiro atoms. The van der Waals surface area contributed by atoms with E-state index in [0.29, 0.717) is 22.1 Å². The third-order valence-corrected chi connectivity index (χ3v) is 2.60. The predicted octanol–water partition coefficient (Wildman–Crippen LogP) is 2.74. The second-order valence-corrected chi connectivity index (χ2v) is 3.94. The summed E-state index contributed by atoms with van der Waals surface area (Å²) in [5.41, 5.74) is 2.48. The Hall–Kier alpha value is -2.04. The quantitative estimate of drug-likeness (QED) is 0.508. The molecule has 0 atom stereocenters. The fraction of sp³-hybridized carbons (Fsp3) is 0. The summed E-state index contributed by atoms with van der Waals surface area (Å²) < 4.78 is 5.59. The second kappa shape index (κ2) is 5.53. The molecule has 2 aromatic carbocycles. The molecule has 0 radical (unpaired) electrons. The maximum atomic E-state index is 11.4. The SMILES string of the molecule is NNC(=O)c1cccc(Oc2ccccc2Cl)c1. The number of hydrogen-bond acceptors (Lipinski definition) is 3. The Balaban J connectivity index is 2.25. The average Bonchev–Trinajstić information content (AvgIpc) is 2.41. The molecule has 0 aliphatic heterocycles. The number of rotatable bonds is 3. The van der Waals surface area contributed by atoms with Gasteiger partial charge in [-0.1, -0.05) is 29.8 Å². The van der Waals surface area contributed by atoms with E-state index in [1.165, 1.54) is 0 Å². The number of para-hydroxylation sites is 1. The molecular formula is C13H11ClN2O2. The van der Waals surface area contributed by atoms with Gasteiger partial charge in [0.2, 0.25) is 0 Å². The third-order valence-electron chi connectivity index (χ3n) is 2.29. The zero-order chi connectivity index (χ0) is 13.0. The summed E-state index contributed by atoms with van der Waals surface area (Å²) in [6.45, 7) is 0. The van der Waals surface area contributed by atoms with Crippen molar-refractivity contribution in [1.29, 1.82) is 0 Å². The molecule has 0 heterocycles. The standard InChI is InChI=1S/C13H11ClN2O2/c14-11-6-1-2-7-12(11)18-10-5-3-4-9(8-10)13(17)16-15/h1-8H,15H2,(H,16,17). The monoisotopic (exact) mass is 262 g/mol.